The Balaban J connectivity index is 2.05. The highest BCUT2D eigenvalue weighted by atomic mass is 16.5. The van der Waals surface area contributed by atoms with E-state index < -0.39 is 12.0 Å². The van der Waals surface area contributed by atoms with Gasteiger partial charge in [-0.25, -0.2) is 9.59 Å². The summed E-state index contributed by atoms with van der Waals surface area (Å²) in [7, 11) is 1.33. The first-order chi connectivity index (χ1) is 14.2. The second-order valence-electron chi connectivity index (χ2n) is 6.77. The molecule has 1 unspecified atom stereocenters. The van der Waals surface area contributed by atoms with E-state index in [0.717, 1.165) is 24.8 Å². The van der Waals surface area contributed by atoms with E-state index in [9.17, 15) is 9.59 Å². The number of esters is 1. The van der Waals surface area contributed by atoms with Crippen LogP contribution in [0.25, 0.3) is 5.70 Å². The van der Waals surface area contributed by atoms with Crippen LogP contribution in [0.4, 0.5) is 4.79 Å². The third kappa shape index (κ3) is 4.77. The van der Waals surface area contributed by atoms with Gasteiger partial charge in [-0.05, 0) is 18.1 Å². The van der Waals surface area contributed by atoms with Crippen molar-refractivity contribution in [3.8, 4) is 5.75 Å². The highest BCUT2D eigenvalue weighted by Crippen LogP contribution is 2.36. The van der Waals surface area contributed by atoms with Crippen LogP contribution in [-0.2, 0) is 9.53 Å². The number of methoxy groups -OCH3 is 1. The minimum atomic E-state index is -0.686. The molecular formula is C23H26N2O4. The second-order valence-corrected chi connectivity index (χ2v) is 6.77. The number of para-hydroxylation sites is 1. The van der Waals surface area contributed by atoms with Crippen LogP contribution >= 0.6 is 0 Å². The van der Waals surface area contributed by atoms with E-state index in [1.165, 1.54) is 7.11 Å². The number of carbonyl (C=O) groups is 2. The van der Waals surface area contributed by atoms with E-state index in [2.05, 4.69) is 17.6 Å². The van der Waals surface area contributed by atoms with Crippen molar-refractivity contribution in [2.45, 2.75) is 32.2 Å². The number of amides is 2. The molecule has 3 rings (SSSR count). The van der Waals surface area contributed by atoms with Gasteiger partial charge in [0.1, 0.15) is 5.75 Å². The summed E-state index contributed by atoms with van der Waals surface area (Å²) in [5.74, 6) is 0.131. The Labute approximate surface area is 170 Å². The number of unbranched alkanes of at least 4 members (excludes halogenated alkanes) is 2. The zero-order valence-corrected chi connectivity index (χ0v) is 16.7. The fourth-order valence-corrected chi connectivity index (χ4v) is 3.34. The standard InChI is InChI=1S/C23H26N2O4/c1-3-4-10-15-29-18-14-9-8-13-17(18)21-19(22(26)28-2)20(24-23(27)25-21)16-11-6-5-7-12-16/h5-9,11-14,21H,3-4,10,15H2,1-2H3,(H2,24,25,27). The van der Waals surface area contributed by atoms with Crippen LogP contribution in [0.1, 0.15) is 43.4 Å². The lowest BCUT2D eigenvalue weighted by molar-refractivity contribution is -0.136. The van der Waals surface area contributed by atoms with Gasteiger partial charge >= 0.3 is 12.0 Å². The molecule has 2 N–H and O–H groups in total. The van der Waals surface area contributed by atoms with E-state index in [1.54, 1.807) is 0 Å². The summed E-state index contributed by atoms with van der Waals surface area (Å²) in [5.41, 5.74) is 2.22. The monoisotopic (exact) mass is 394 g/mol. The molecule has 0 bridgehead atoms. The highest BCUT2D eigenvalue weighted by molar-refractivity contribution is 6.04. The van der Waals surface area contributed by atoms with Crippen molar-refractivity contribution in [1.29, 1.82) is 0 Å². The smallest absolute Gasteiger partial charge is 0.338 e. The Morgan fingerprint density at radius 3 is 2.48 bits per heavy atom. The zero-order chi connectivity index (χ0) is 20.6. The van der Waals surface area contributed by atoms with E-state index in [0.29, 0.717) is 29.2 Å². The van der Waals surface area contributed by atoms with Crippen LogP contribution in [-0.4, -0.2) is 25.7 Å². The summed E-state index contributed by atoms with van der Waals surface area (Å²) >= 11 is 0. The molecule has 0 saturated heterocycles. The fraction of sp³-hybridized carbons (Fsp3) is 0.304. The predicted octanol–water partition coefficient (Wildman–Crippen LogP) is 4.19. The van der Waals surface area contributed by atoms with Crippen LogP contribution in [0.3, 0.4) is 0 Å². The van der Waals surface area contributed by atoms with Gasteiger partial charge in [-0.3, -0.25) is 0 Å². The number of carbonyl (C=O) groups excluding carboxylic acids is 2. The molecule has 0 radical (unpaired) electrons. The first-order valence-electron chi connectivity index (χ1n) is 9.82. The van der Waals surface area contributed by atoms with Crippen LogP contribution < -0.4 is 15.4 Å². The lowest BCUT2D eigenvalue weighted by Crippen LogP contribution is -2.45. The molecule has 1 aliphatic rings. The second kappa shape index (κ2) is 9.78. The van der Waals surface area contributed by atoms with E-state index in [4.69, 9.17) is 9.47 Å². The Morgan fingerprint density at radius 2 is 1.76 bits per heavy atom. The molecule has 1 atom stereocenters. The first kappa shape index (κ1) is 20.5. The zero-order valence-electron chi connectivity index (χ0n) is 16.7. The topological polar surface area (TPSA) is 76.7 Å². The third-order valence-electron chi connectivity index (χ3n) is 4.78. The highest BCUT2D eigenvalue weighted by Gasteiger charge is 2.35. The Bertz CT molecular complexity index is 893. The van der Waals surface area contributed by atoms with Gasteiger partial charge in [0.2, 0.25) is 0 Å². The van der Waals surface area contributed by atoms with Gasteiger partial charge in [0, 0.05) is 5.56 Å². The van der Waals surface area contributed by atoms with Crippen molar-refractivity contribution in [2.24, 2.45) is 0 Å². The number of ether oxygens (including phenoxy) is 2. The molecule has 6 heteroatoms. The van der Waals surface area contributed by atoms with Crippen LogP contribution in [0, 0.1) is 0 Å². The van der Waals surface area contributed by atoms with Gasteiger partial charge in [0.15, 0.2) is 0 Å². The van der Waals surface area contributed by atoms with Gasteiger partial charge in [-0.15, -0.1) is 0 Å². The number of hydrogen-bond donors (Lipinski definition) is 2. The van der Waals surface area contributed by atoms with Gasteiger partial charge in [-0.2, -0.15) is 0 Å². The van der Waals surface area contributed by atoms with Crippen molar-refractivity contribution in [1.82, 2.24) is 10.6 Å². The summed E-state index contributed by atoms with van der Waals surface area (Å²) in [4.78, 5) is 25.2. The molecule has 29 heavy (non-hydrogen) atoms. The Morgan fingerprint density at radius 1 is 1.03 bits per heavy atom. The number of hydrogen-bond acceptors (Lipinski definition) is 4. The molecule has 1 heterocycles. The molecule has 0 aliphatic carbocycles. The summed E-state index contributed by atoms with van der Waals surface area (Å²) < 4.78 is 11.0. The maximum absolute atomic E-state index is 12.7. The molecule has 1 aliphatic heterocycles. The number of nitrogens with one attached hydrogen (secondary N) is 2. The predicted molar refractivity (Wildman–Crippen MR) is 111 cm³/mol. The lowest BCUT2D eigenvalue weighted by Gasteiger charge is -2.30. The first-order valence-corrected chi connectivity index (χ1v) is 9.82. The summed E-state index contributed by atoms with van der Waals surface area (Å²) in [6, 6.07) is 15.6. The summed E-state index contributed by atoms with van der Waals surface area (Å²) in [5, 5.41) is 5.62. The molecule has 0 fully saturated rings. The quantitative estimate of drug-likeness (QED) is 0.520. The normalized spacial score (nSPS) is 16.1. The molecule has 2 amide bonds. The number of urea groups is 1. The van der Waals surface area contributed by atoms with E-state index >= 15 is 0 Å². The molecule has 0 saturated carbocycles. The maximum atomic E-state index is 12.7. The fourth-order valence-electron chi connectivity index (χ4n) is 3.34. The van der Waals surface area contributed by atoms with Crippen LogP contribution in [0.2, 0.25) is 0 Å². The molecule has 0 aromatic heterocycles. The minimum Gasteiger partial charge on any atom is -0.493 e. The molecule has 2 aromatic rings. The summed E-state index contributed by atoms with van der Waals surface area (Å²) in [6.07, 6.45) is 3.13. The Kier molecular flexibility index (Phi) is 6.89. The van der Waals surface area contributed by atoms with Crippen molar-refractivity contribution in [3.05, 3.63) is 71.3 Å². The number of benzene rings is 2. The van der Waals surface area contributed by atoms with Crippen LogP contribution in [0.15, 0.2) is 60.2 Å². The van der Waals surface area contributed by atoms with Gasteiger partial charge < -0.3 is 20.1 Å². The SMILES string of the molecule is CCCCCOc1ccccc1C1NC(=O)NC(c2ccccc2)=C1C(=O)OC. The van der Waals surface area contributed by atoms with Crippen LogP contribution in [0.5, 0.6) is 5.75 Å². The maximum Gasteiger partial charge on any atom is 0.338 e. The van der Waals surface area contributed by atoms with E-state index in [1.807, 2.05) is 54.6 Å². The minimum absolute atomic E-state index is 0.336. The summed E-state index contributed by atoms with van der Waals surface area (Å²) in [6.45, 7) is 2.71. The average Bonchev–Trinajstić information content (AvgIpc) is 2.76. The Hall–Kier alpha value is -3.28. The van der Waals surface area contributed by atoms with Crippen molar-refractivity contribution in [3.63, 3.8) is 0 Å². The molecule has 152 valence electrons. The number of rotatable bonds is 8. The van der Waals surface area contributed by atoms with Crippen molar-refractivity contribution >= 4 is 17.7 Å². The molecule has 2 aromatic carbocycles. The molecular weight excluding hydrogens is 368 g/mol. The van der Waals surface area contributed by atoms with Gasteiger partial charge in [0.05, 0.1) is 31.0 Å². The largest absolute Gasteiger partial charge is 0.493 e. The van der Waals surface area contributed by atoms with Gasteiger partial charge in [-0.1, -0.05) is 68.3 Å². The van der Waals surface area contributed by atoms with E-state index in [-0.39, 0.29) is 6.03 Å². The average molecular weight is 394 g/mol. The third-order valence-corrected chi connectivity index (χ3v) is 4.78. The van der Waals surface area contributed by atoms with Gasteiger partial charge in [0.25, 0.3) is 0 Å². The molecule has 0 spiro atoms. The molecule has 6 nitrogen and oxygen atoms in total. The van der Waals surface area contributed by atoms with Crippen molar-refractivity contribution in [2.75, 3.05) is 13.7 Å². The lowest BCUT2D eigenvalue weighted by atomic mass is 9.92. The van der Waals surface area contributed by atoms with Crippen molar-refractivity contribution < 1.29 is 19.1 Å².